The normalized spacial score (nSPS) is 10.4. The van der Waals surface area contributed by atoms with Crippen molar-refractivity contribution in [2.45, 2.75) is 19.4 Å². The molecule has 0 amide bonds. The molecular formula is C23H21NO. The van der Waals surface area contributed by atoms with Crippen LogP contribution in [0, 0.1) is 11.3 Å². The van der Waals surface area contributed by atoms with Crippen molar-refractivity contribution in [3.63, 3.8) is 0 Å². The molecule has 0 bridgehead atoms. The van der Waals surface area contributed by atoms with E-state index in [2.05, 4.69) is 42.5 Å². The Morgan fingerprint density at radius 3 is 2.24 bits per heavy atom. The van der Waals surface area contributed by atoms with Crippen LogP contribution < -0.4 is 0 Å². The average molecular weight is 327 g/mol. The molecule has 3 rings (SSSR count). The largest absolute Gasteiger partial charge is 0.377 e. The lowest BCUT2D eigenvalue weighted by molar-refractivity contribution is 0.118. The summed E-state index contributed by atoms with van der Waals surface area (Å²) in [6.45, 7) is 1.43. The summed E-state index contributed by atoms with van der Waals surface area (Å²) in [5, 5.41) is 9.22. The highest BCUT2D eigenvalue weighted by atomic mass is 16.5. The van der Waals surface area contributed by atoms with Crippen molar-refractivity contribution < 1.29 is 4.74 Å². The van der Waals surface area contributed by atoms with Crippen molar-refractivity contribution >= 4 is 0 Å². The van der Waals surface area contributed by atoms with Gasteiger partial charge < -0.3 is 4.74 Å². The molecule has 3 aromatic rings. The van der Waals surface area contributed by atoms with Crippen LogP contribution >= 0.6 is 0 Å². The van der Waals surface area contributed by atoms with Gasteiger partial charge >= 0.3 is 0 Å². The molecule has 25 heavy (non-hydrogen) atoms. The van der Waals surface area contributed by atoms with Gasteiger partial charge in [0, 0.05) is 6.61 Å². The fourth-order valence-corrected chi connectivity index (χ4v) is 2.83. The first-order valence-corrected chi connectivity index (χ1v) is 8.57. The number of aryl methyl sites for hydroxylation is 1. The van der Waals surface area contributed by atoms with Crippen LogP contribution in [-0.4, -0.2) is 6.61 Å². The molecule has 0 saturated carbocycles. The van der Waals surface area contributed by atoms with E-state index in [1.165, 1.54) is 11.1 Å². The molecule has 2 nitrogen and oxygen atoms in total. The molecule has 0 spiro atoms. The van der Waals surface area contributed by atoms with Crippen LogP contribution in [0.2, 0.25) is 0 Å². The van der Waals surface area contributed by atoms with Gasteiger partial charge in [0.15, 0.2) is 0 Å². The van der Waals surface area contributed by atoms with Crippen LogP contribution in [0.15, 0.2) is 78.9 Å². The number of hydrogen-bond donors (Lipinski definition) is 0. The third-order valence-corrected chi connectivity index (χ3v) is 4.18. The molecule has 3 aromatic carbocycles. The Hall–Kier alpha value is -2.89. The summed E-state index contributed by atoms with van der Waals surface area (Å²) >= 11 is 0. The van der Waals surface area contributed by atoms with E-state index in [0.29, 0.717) is 12.2 Å². The Morgan fingerprint density at radius 1 is 0.760 bits per heavy atom. The number of rotatable bonds is 7. The Labute approximate surface area is 149 Å². The van der Waals surface area contributed by atoms with E-state index in [4.69, 9.17) is 4.74 Å². The summed E-state index contributed by atoms with van der Waals surface area (Å²) in [4.78, 5) is 0. The SMILES string of the molecule is N#Cc1ccccc1-c1ccc(CCCOCc2ccccc2)cc1. The molecule has 0 radical (unpaired) electrons. The van der Waals surface area contributed by atoms with E-state index in [9.17, 15) is 5.26 Å². The van der Waals surface area contributed by atoms with Crippen molar-refractivity contribution in [1.29, 1.82) is 5.26 Å². The second-order valence-electron chi connectivity index (χ2n) is 6.00. The molecule has 0 fully saturated rings. The van der Waals surface area contributed by atoms with Gasteiger partial charge in [-0.1, -0.05) is 72.8 Å². The summed E-state index contributed by atoms with van der Waals surface area (Å²) in [5.41, 5.74) is 5.29. The first-order chi connectivity index (χ1) is 12.4. The molecule has 0 aliphatic heterocycles. The van der Waals surface area contributed by atoms with Gasteiger partial charge in [-0.25, -0.2) is 0 Å². The summed E-state index contributed by atoms with van der Waals surface area (Å²) < 4.78 is 5.73. The van der Waals surface area contributed by atoms with Crippen molar-refractivity contribution in [3.8, 4) is 17.2 Å². The zero-order valence-corrected chi connectivity index (χ0v) is 14.2. The molecule has 2 heteroatoms. The molecule has 0 N–H and O–H groups in total. The lowest BCUT2D eigenvalue weighted by atomic mass is 9.98. The van der Waals surface area contributed by atoms with Crippen LogP contribution in [-0.2, 0) is 17.8 Å². The molecule has 0 aliphatic carbocycles. The van der Waals surface area contributed by atoms with Crippen molar-refractivity contribution in [2.75, 3.05) is 6.61 Å². The molecule has 0 aromatic heterocycles. The Bertz CT molecular complexity index is 832. The highest BCUT2D eigenvalue weighted by Crippen LogP contribution is 2.23. The van der Waals surface area contributed by atoms with Gasteiger partial charge in [-0.3, -0.25) is 0 Å². The van der Waals surface area contributed by atoms with Gasteiger partial charge in [0.25, 0.3) is 0 Å². The predicted molar refractivity (Wildman–Crippen MR) is 101 cm³/mol. The van der Waals surface area contributed by atoms with E-state index in [1.807, 2.05) is 42.5 Å². The zero-order chi connectivity index (χ0) is 17.3. The number of hydrogen-bond acceptors (Lipinski definition) is 2. The lowest BCUT2D eigenvalue weighted by Crippen LogP contribution is -1.97. The first-order valence-electron chi connectivity index (χ1n) is 8.57. The zero-order valence-electron chi connectivity index (χ0n) is 14.2. The Morgan fingerprint density at radius 2 is 1.48 bits per heavy atom. The fraction of sp³-hybridized carbons (Fsp3) is 0.174. The second-order valence-corrected chi connectivity index (χ2v) is 6.00. The van der Waals surface area contributed by atoms with Crippen LogP contribution in [0.5, 0.6) is 0 Å². The fourth-order valence-electron chi connectivity index (χ4n) is 2.83. The average Bonchev–Trinajstić information content (AvgIpc) is 2.69. The van der Waals surface area contributed by atoms with Crippen LogP contribution in [0.1, 0.15) is 23.1 Å². The summed E-state index contributed by atoms with van der Waals surface area (Å²) in [6.07, 6.45) is 2.00. The molecular weight excluding hydrogens is 306 g/mol. The molecule has 0 saturated heterocycles. The van der Waals surface area contributed by atoms with E-state index < -0.39 is 0 Å². The number of nitriles is 1. The monoisotopic (exact) mass is 327 g/mol. The third kappa shape index (κ3) is 4.79. The highest BCUT2D eigenvalue weighted by Gasteiger charge is 2.04. The topological polar surface area (TPSA) is 33.0 Å². The van der Waals surface area contributed by atoms with Gasteiger partial charge in [-0.05, 0) is 41.2 Å². The van der Waals surface area contributed by atoms with E-state index in [-0.39, 0.29) is 0 Å². The van der Waals surface area contributed by atoms with E-state index in [0.717, 1.165) is 30.6 Å². The van der Waals surface area contributed by atoms with Gasteiger partial charge in [0.05, 0.1) is 18.2 Å². The standard InChI is InChI=1S/C23H21NO/c24-17-22-10-4-5-11-23(22)21-14-12-19(13-15-21)9-6-16-25-18-20-7-2-1-3-8-20/h1-5,7-8,10-15H,6,9,16,18H2. The Kier molecular flexibility index (Phi) is 5.98. The molecule has 0 aliphatic rings. The summed E-state index contributed by atoms with van der Waals surface area (Å²) in [5.74, 6) is 0. The van der Waals surface area contributed by atoms with Crippen molar-refractivity contribution in [1.82, 2.24) is 0 Å². The van der Waals surface area contributed by atoms with Crippen molar-refractivity contribution in [3.05, 3.63) is 95.6 Å². The Balaban J connectivity index is 1.49. The maximum absolute atomic E-state index is 9.22. The lowest BCUT2D eigenvalue weighted by Gasteiger charge is -2.07. The van der Waals surface area contributed by atoms with Crippen molar-refractivity contribution in [2.24, 2.45) is 0 Å². The molecule has 0 heterocycles. The quantitative estimate of drug-likeness (QED) is 0.546. The van der Waals surface area contributed by atoms with Gasteiger partial charge in [0.1, 0.15) is 0 Å². The molecule has 124 valence electrons. The predicted octanol–water partition coefficient (Wildman–Crippen LogP) is 5.37. The maximum Gasteiger partial charge on any atom is 0.0998 e. The van der Waals surface area contributed by atoms with Gasteiger partial charge in [0.2, 0.25) is 0 Å². The number of benzene rings is 3. The van der Waals surface area contributed by atoms with Crippen LogP contribution in [0.4, 0.5) is 0 Å². The number of nitrogens with zero attached hydrogens (tertiary/aromatic N) is 1. The summed E-state index contributed by atoms with van der Waals surface area (Å²) in [7, 11) is 0. The van der Waals surface area contributed by atoms with Crippen LogP contribution in [0.3, 0.4) is 0 Å². The maximum atomic E-state index is 9.22. The second kappa shape index (κ2) is 8.82. The minimum atomic E-state index is 0.671. The van der Waals surface area contributed by atoms with E-state index in [1.54, 1.807) is 0 Å². The van der Waals surface area contributed by atoms with Gasteiger partial charge in [-0.2, -0.15) is 5.26 Å². The molecule has 0 unspecified atom stereocenters. The smallest absolute Gasteiger partial charge is 0.0998 e. The third-order valence-electron chi connectivity index (χ3n) is 4.18. The van der Waals surface area contributed by atoms with Crippen LogP contribution in [0.25, 0.3) is 11.1 Å². The minimum Gasteiger partial charge on any atom is -0.377 e. The van der Waals surface area contributed by atoms with Gasteiger partial charge in [-0.15, -0.1) is 0 Å². The minimum absolute atomic E-state index is 0.671. The molecule has 0 atom stereocenters. The van der Waals surface area contributed by atoms with E-state index >= 15 is 0 Å². The summed E-state index contributed by atoms with van der Waals surface area (Å²) in [6, 6.07) is 28.7. The first kappa shape index (κ1) is 17.0. The number of ether oxygens (including phenoxy) is 1. The highest BCUT2D eigenvalue weighted by molar-refractivity contribution is 5.70.